The van der Waals surface area contributed by atoms with Gasteiger partial charge in [-0.15, -0.1) is 0 Å². The van der Waals surface area contributed by atoms with Gasteiger partial charge >= 0.3 is 0 Å². The van der Waals surface area contributed by atoms with Crippen LogP contribution in [-0.2, 0) is 0 Å². The van der Waals surface area contributed by atoms with Crippen molar-refractivity contribution in [3.8, 4) is 5.75 Å². The van der Waals surface area contributed by atoms with Crippen LogP contribution in [-0.4, -0.2) is 6.10 Å². The summed E-state index contributed by atoms with van der Waals surface area (Å²) in [7, 11) is 0. The average Bonchev–Trinajstić information content (AvgIpc) is 2.04. The molecule has 1 aromatic rings. The predicted octanol–water partition coefficient (Wildman–Crippen LogP) is 3.24. The lowest BCUT2D eigenvalue weighted by Gasteiger charge is -2.09. The molecule has 64 valence electrons. The highest BCUT2D eigenvalue weighted by Crippen LogP contribution is 2.16. The summed E-state index contributed by atoms with van der Waals surface area (Å²) in [5, 5.41) is 0. The van der Waals surface area contributed by atoms with Crippen LogP contribution in [0.1, 0.15) is 6.92 Å². The largest absolute Gasteiger partial charge is 0.487 e. The van der Waals surface area contributed by atoms with E-state index in [9.17, 15) is 0 Å². The van der Waals surface area contributed by atoms with Crippen LogP contribution in [0.2, 0.25) is 0 Å². The van der Waals surface area contributed by atoms with Crippen LogP contribution in [0.5, 0.6) is 5.75 Å². The monoisotopic (exact) mass is 274 g/mol. The van der Waals surface area contributed by atoms with Crippen molar-refractivity contribution in [3.05, 3.63) is 40.5 Å². The van der Waals surface area contributed by atoms with Crippen molar-refractivity contribution in [1.29, 1.82) is 0 Å². The smallest absolute Gasteiger partial charge is 0.121 e. The Morgan fingerprint density at radius 1 is 1.58 bits per heavy atom. The van der Waals surface area contributed by atoms with Crippen molar-refractivity contribution in [2.24, 2.45) is 0 Å². The molecule has 0 heterocycles. The first-order chi connectivity index (χ1) is 5.72. The topological polar surface area (TPSA) is 9.23 Å². The lowest BCUT2D eigenvalue weighted by atomic mass is 10.3. The molecule has 1 atom stereocenters. The summed E-state index contributed by atoms with van der Waals surface area (Å²) in [6.07, 6.45) is 1.85. The van der Waals surface area contributed by atoms with Crippen molar-refractivity contribution in [2.75, 3.05) is 0 Å². The first-order valence-corrected chi connectivity index (χ1v) is 4.85. The Labute approximate surface area is 86.6 Å². The molecule has 2 heteroatoms. The average molecular weight is 274 g/mol. The number of hydrogen-bond donors (Lipinski definition) is 0. The van der Waals surface area contributed by atoms with Crippen LogP contribution in [0.25, 0.3) is 0 Å². The second kappa shape index (κ2) is 4.50. The summed E-state index contributed by atoms with van der Waals surface area (Å²) in [4.78, 5) is 0. The molecule has 12 heavy (non-hydrogen) atoms. The molecule has 0 aliphatic carbocycles. The van der Waals surface area contributed by atoms with E-state index < -0.39 is 0 Å². The summed E-state index contributed by atoms with van der Waals surface area (Å²) in [6, 6.07) is 7.96. The van der Waals surface area contributed by atoms with Gasteiger partial charge in [0, 0.05) is 3.57 Å². The molecule has 0 aliphatic rings. The molecule has 0 radical (unpaired) electrons. The maximum Gasteiger partial charge on any atom is 0.121 e. The molecule has 0 N–H and O–H groups in total. The van der Waals surface area contributed by atoms with Crippen LogP contribution in [0.4, 0.5) is 0 Å². The molecule has 0 fully saturated rings. The van der Waals surface area contributed by atoms with E-state index in [4.69, 9.17) is 4.74 Å². The van der Waals surface area contributed by atoms with Gasteiger partial charge in [-0.1, -0.05) is 18.7 Å². The van der Waals surface area contributed by atoms with Gasteiger partial charge in [0.05, 0.1) is 0 Å². The number of halogens is 1. The van der Waals surface area contributed by atoms with Gasteiger partial charge in [0.2, 0.25) is 0 Å². The second-order valence-electron chi connectivity index (χ2n) is 2.52. The van der Waals surface area contributed by atoms with E-state index in [2.05, 4.69) is 29.2 Å². The summed E-state index contributed by atoms with van der Waals surface area (Å²) in [6.45, 7) is 5.62. The molecule has 0 spiro atoms. The van der Waals surface area contributed by atoms with Gasteiger partial charge in [0.15, 0.2) is 0 Å². The Bertz CT molecular complexity index is 270. The Morgan fingerprint density at radius 3 is 2.92 bits per heavy atom. The summed E-state index contributed by atoms with van der Waals surface area (Å²) in [5.74, 6) is 0.898. The first kappa shape index (κ1) is 9.58. The molecule has 1 nitrogen and oxygen atoms in total. The third-order valence-electron chi connectivity index (χ3n) is 1.45. The number of benzene rings is 1. The van der Waals surface area contributed by atoms with Crippen molar-refractivity contribution >= 4 is 22.6 Å². The van der Waals surface area contributed by atoms with Crippen LogP contribution >= 0.6 is 22.6 Å². The van der Waals surface area contributed by atoms with E-state index >= 15 is 0 Å². The highest BCUT2D eigenvalue weighted by atomic mass is 127. The minimum absolute atomic E-state index is 0.0724. The lowest BCUT2D eigenvalue weighted by molar-refractivity contribution is 0.270. The SMILES string of the molecule is C=CC(C)Oc1cccc(I)c1. The van der Waals surface area contributed by atoms with Gasteiger partial charge in [-0.3, -0.25) is 0 Å². The Hall–Kier alpha value is -0.510. The maximum absolute atomic E-state index is 5.52. The Kier molecular flexibility index (Phi) is 3.59. The van der Waals surface area contributed by atoms with Crippen LogP contribution in [0.3, 0.4) is 0 Å². The Morgan fingerprint density at radius 2 is 2.33 bits per heavy atom. The lowest BCUT2D eigenvalue weighted by Crippen LogP contribution is -2.06. The van der Waals surface area contributed by atoms with E-state index in [1.54, 1.807) is 6.08 Å². The number of ether oxygens (including phenoxy) is 1. The zero-order valence-electron chi connectivity index (χ0n) is 6.96. The molecular weight excluding hydrogens is 263 g/mol. The van der Waals surface area contributed by atoms with E-state index in [-0.39, 0.29) is 6.10 Å². The molecule has 0 amide bonds. The fourth-order valence-electron chi connectivity index (χ4n) is 0.803. The number of hydrogen-bond acceptors (Lipinski definition) is 1. The standard InChI is InChI=1S/C10H11IO/c1-3-8(2)12-10-6-4-5-9(11)7-10/h3-8H,1H2,2H3. The molecule has 0 saturated carbocycles. The van der Waals surface area contributed by atoms with Gasteiger partial charge in [0.1, 0.15) is 11.9 Å². The molecule has 1 rings (SSSR count). The molecule has 0 aliphatic heterocycles. The fraction of sp³-hybridized carbons (Fsp3) is 0.200. The van der Waals surface area contributed by atoms with E-state index in [0.29, 0.717) is 0 Å². The molecular formula is C10H11IO. The van der Waals surface area contributed by atoms with Crippen molar-refractivity contribution in [2.45, 2.75) is 13.0 Å². The minimum Gasteiger partial charge on any atom is -0.487 e. The molecule has 0 aromatic heterocycles. The first-order valence-electron chi connectivity index (χ1n) is 3.77. The highest BCUT2D eigenvalue weighted by molar-refractivity contribution is 14.1. The third kappa shape index (κ3) is 2.85. The van der Waals surface area contributed by atoms with Crippen LogP contribution in [0.15, 0.2) is 36.9 Å². The van der Waals surface area contributed by atoms with E-state index in [0.717, 1.165) is 5.75 Å². The zero-order chi connectivity index (χ0) is 8.97. The third-order valence-corrected chi connectivity index (χ3v) is 2.12. The highest BCUT2D eigenvalue weighted by Gasteiger charge is 1.97. The van der Waals surface area contributed by atoms with Gasteiger partial charge in [-0.2, -0.15) is 0 Å². The second-order valence-corrected chi connectivity index (χ2v) is 3.76. The van der Waals surface area contributed by atoms with Crippen LogP contribution in [0, 0.1) is 3.57 Å². The van der Waals surface area contributed by atoms with Gasteiger partial charge in [-0.05, 0) is 47.7 Å². The number of rotatable bonds is 3. The normalized spacial score (nSPS) is 12.2. The molecule has 0 bridgehead atoms. The predicted molar refractivity (Wildman–Crippen MR) is 59.4 cm³/mol. The molecule has 1 aromatic carbocycles. The maximum atomic E-state index is 5.52. The van der Waals surface area contributed by atoms with Crippen molar-refractivity contribution in [1.82, 2.24) is 0 Å². The van der Waals surface area contributed by atoms with Gasteiger partial charge in [-0.25, -0.2) is 0 Å². The summed E-state index contributed by atoms with van der Waals surface area (Å²) >= 11 is 2.26. The summed E-state index contributed by atoms with van der Waals surface area (Å²) < 4.78 is 6.70. The van der Waals surface area contributed by atoms with E-state index in [1.165, 1.54) is 3.57 Å². The van der Waals surface area contributed by atoms with Crippen LogP contribution < -0.4 is 4.74 Å². The minimum atomic E-state index is 0.0724. The fourth-order valence-corrected chi connectivity index (χ4v) is 1.32. The Balaban J connectivity index is 2.69. The van der Waals surface area contributed by atoms with E-state index in [1.807, 2.05) is 31.2 Å². The van der Waals surface area contributed by atoms with Crippen molar-refractivity contribution < 1.29 is 4.74 Å². The quantitative estimate of drug-likeness (QED) is 0.607. The van der Waals surface area contributed by atoms with Crippen molar-refractivity contribution in [3.63, 3.8) is 0 Å². The van der Waals surface area contributed by atoms with Gasteiger partial charge in [0.25, 0.3) is 0 Å². The zero-order valence-corrected chi connectivity index (χ0v) is 9.11. The van der Waals surface area contributed by atoms with Gasteiger partial charge < -0.3 is 4.74 Å². The molecule has 0 saturated heterocycles. The summed E-state index contributed by atoms with van der Waals surface area (Å²) in [5.41, 5.74) is 0. The molecule has 1 unspecified atom stereocenters.